The third-order valence-electron chi connectivity index (χ3n) is 4.62. The minimum absolute atomic E-state index is 0.0390. The highest BCUT2D eigenvalue weighted by atomic mass is 19.1. The molecule has 2 heterocycles. The summed E-state index contributed by atoms with van der Waals surface area (Å²) in [4.78, 5) is 29.9. The predicted octanol–water partition coefficient (Wildman–Crippen LogP) is 1.87. The zero-order chi connectivity index (χ0) is 19.9. The third kappa shape index (κ3) is 5.32. The monoisotopic (exact) mass is 388 g/mol. The standard InChI is InChI=1S/C20H22F2N4O2/c21-16-6-3-7-17(22)15(16)13-26-10-4-5-14(12-26)25-19(27)11-24-20(28)18-8-1-2-9-23-18/h1-3,6-9,14H,4-5,10-13H2,(H,24,28)(H,25,27). The van der Waals surface area contributed by atoms with Crippen LogP contribution in [-0.4, -0.2) is 47.4 Å². The zero-order valence-corrected chi connectivity index (χ0v) is 15.3. The SMILES string of the molecule is O=C(CNC(=O)c1ccccn1)NC1CCCN(Cc2c(F)cccc2F)C1. The van der Waals surface area contributed by atoms with Crippen molar-refractivity contribution in [3.8, 4) is 0 Å². The molecule has 8 heteroatoms. The van der Waals surface area contributed by atoms with Crippen molar-refractivity contribution in [3.05, 3.63) is 65.5 Å². The van der Waals surface area contributed by atoms with Gasteiger partial charge in [-0.3, -0.25) is 19.5 Å². The number of carbonyl (C=O) groups excluding carboxylic acids is 2. The van der Waals surface area contributed by atoms with Gasteiger partial charge in [0.2, 0.25) is 5.91 Å². The number of rotatable bonds is 6. The Bertz CT molecular complexity index is 812. The molecule has 1 aromatic heterocycles. The van der Waals surface area contributed by atoms with Crippen molar-refractivity contribution < 1.29 is 18.4 Å². The highest BCUT2D eigenvalue weighted by Gasteiger charge is 2.23. The maximum absolute atomic E-state index is 13.8. The van der Waals surface area contributed by atoms with Crippen molar-refractivity contribution >= 4 is 11.8 Å². The lowest BCUT2D eigenvalue weighted by Crippen LogP contribution is -2.49. The molecule has 0 bridgehead atoms. The number of benzene rings is 1. The molecule has 28 heavy (non-hydrogen) atoms. The van der Waals surface area contributed by atoms with Gasteiger partial charge in [-0.05, 0) is 43.7 Å². The molecule has 2 N–H and O–H groups in total. The number of likely N-dealkylation sites (tertiary alicyclic amines) is 1. The van der Waals surface area contributed by atoms with Crippen LogP contribution in [0.4, 0.5) is 8.78 Å². The second-order valence-corrected chi connectivity index (χ2v) is 6.74. The molecule has 0 aliphatic carbocycles. The van der Waals surface area contributed by atoms with Gasteiger partial charge in [-0.15, -0.1) is 0 Å². The zero-order valence-electron chi connectivity index (χ0n) is 15.3. The van der Waals surface area contributed by atoms with Gasteiger partial charge in [-0.2, -0.15) is 0 Å². The third-order valence-corrected chi connectivity index (χ3v) is 4.62. The van der Waals surface area contributed by atoms with Crippen molar-refractivity contribution in [2.45, 2.75) is 25.4 Å². The van der Waals surface area contributed by atoms with Gasteiger partial charge >= 0.3 is 0 Å². The van der Waals surface area contributed by atoms with E-state index in [1.165, 1.54) is 24.4 Å². The number of piperidine rings is 1. The van der Waals surface area contributed by atoms with Crippen LogP contribution < -0.4 is 10.6 Å². The van der Waals surface area contributed by atoms with Gasteiger partial charge < -0.3 is 10.6 Å². The second kappa shape index (κ2) is 9.36. The van der Waals surface area contributed by atoms with E-state index in [9.17, 15) is 18.4 Å². The van der Waals surface area contributed by atoms with E-state index in [1.807, 2.05) is 4.90 Å². The van der Waals surface area contributed by atoms with Gasteiger partial charge in [0.05, 0.1) is 6.54 Å². The van der Waals surface area contributed by atoms with E-state index in [-0.39, 0.29) is 36.3 Å². The number of nitrogens with zero attached hydrogens (tertiary/aromatic N) is 2. The van der Waals surface area contributed by atoms with Crippen LogP contribution >= 0.6 is 0 Å². The average Bonchev–Trinajstić information content (AvgIpc) is 2.70. The van der Waals surface area contributed by atoms with E-state index < -0.39 is 17.5 Å². The highest BCUT2D eigenvalue weighted by molar-refractivity contribution is 5.94. The van der Waals surface area contributed by atoms with E-state index in [0.717, 1.165) is 12.8 Å². The molecule has 1 aliphatic heterocycles. The number of hydrogen-bond acceptors (Lipinski definition) is 4. The summed E-state index contributed by atoms with van der Waals surface area (Å²) in [6, 6.07) is 8.64. The molecule has 2 aromatic rings. The molecular formula is C20H22F2N4O2. The summed E-state index contributed by atoms with van der Waals surface area (Å²) in [5.74, 6) is -1.86. The summed E-state index contributed by atoms with van der Waals surface area (Å²) in [5, 5.41) is 5.40. The fourth-order valence-electron chi connectivity index (χ4n) is 3.25. The van der Waals surface area contributed by atoms with Gasteiger partial charge in [0.25, 0.3) is 5.91 Å². The Hall–Kier alpha value is -2.87. The quantitative estimate of drug-likeness (QED) is 0.792. The minimum atomic E-state index is -0.566. The van der Waals surface area contributed by atoms with Gasteiger partial charge in [-0.25, -0.2) is 8.78 Å². The fraction of sp³-hybridized carbons (Fsp3) is 0.350. The van der Waals surface area contributed by atoms with Crippen LogP contribution in [0, 0.1) is 11.6 Å². The summed E-state index contributed by atoms with van der Waals surface area (Å²) in [5.41, 5.74) is 0.281. The molecule has 3 rings (SSSR count). The molecule has 2 amide bonds. The molecule has 6 nitrogen and oxygen atoms in total. The van der Waals surface area contributed by atoms with Crippen LogP contribution in [0.15, 0.2) is 42.6 Å². The molecule has 0 radical (unpaired) electrons. The molecular weight excluding hydrogens is 366 g/mol. The Labute approximate surface area is 162 Å². The lowest BCUT2D eigenvalue weighted by atomic mass is 10.0. The minimum Gasteiger partial charge on any atom is -0.351 e. The van der Waals surface area contributed by atoms with Crippen LogP contribution in [-0.2, 0) is 11.3 Å². The van der Waals surface area contributed by atoms with Crippen LogP contribution in [0.5, 0.6) is 0 Å². The van der Waals surface area contributed by atoms with E-state index >= 15 is 0 Å². The highest BCUT2D eigenvalue weighted by Crippen LogP contribution is 2.18. The Kier molecular flexibility index (Phi) is 6.65. The molecule has 148 valence electrons. The van der Waals surface area contributed by atoms with Gasteiger partial charge in [0, 0.05) is 30.9 Å². The first-order chi connectivity index (χ1) is 13.5. The number of amides is 2. The Morgan fingerprint density at radius 1 is 1.14 bits per heavy atom. The lowest BCUT2D eigenvalue weighted by Gasteiger charge is -2.33. The first-order valence-electron chi connectivity index (χ1n) is 9.17. The predicted molar refractivity (Wildman–Crippen MR) is 99.4 cm³/mol. The Balaban J connectivity index is 1.48. The number of pyridine rings is 1. The first-order valence-corrected chi connectivity index (χ1v) is 9.17. The van der Waals surface area contributed by atoms with E-state index in [1.54, 1.807) is 18.2 Å². The molecule has 0 spiro atoms. The smallest absolute Gasteiger partial charge is 0.270 e. The number of halogens is 2. The number of carbonyl (C=O) groups is 2. The van der Waals surface area contributed by atoms with E-state index in [2.05, 4.69) is 15.6 Å². The molecule has 1 aromatic carbocycles. The molecule has 0 saturated carbocycles. The van der Waals surface area contributed by atoms with Crippen molar-refractivity contribution in [2.24, 2.45) is 0 Å². The van der Waals surface area contributed by atoms with Gasteiger partial charge in [0.1, 0.15) is 17.3 Å². The van der Waals surface area contributed by atoms with Crippen molar-refractivity contribution in [2.75, 3.05) is 19.6 Å². The largest absolute Gasteiger partial charge is 0.351 e. The maximum Gasteiger partial charge on any atom is 0.270 e. The number of hydrogen-bond donors (Lipinski definition) is 2. The molecule has 1 aliphatic rings. The molecule has 1 atom stereocenters. The number of nitrogens with one attached hydrogen (secondary N) is 2. The molecule has 1 unspecified atom stereocenters. The van der Waals surface area contributed by atoms with Crippen molar-refractivity contribution in [1.29, 1.82) is 0 Å². The van der Waals surface area contributed by atoms with Crippen molar-refractivity contribution in [3.63, 3.8) is 0 Å². The van der Waals surface area contributed by atoms with Crippen LogP contribution in [0.2, 0.25) is 0 Å². The second-order valence-electron chi connectivity index (χ2n) is 6.74. The van der Waals surface area contributed by atoms with E-state index in [0.29, 0.717) is 13.1 Å². The van der Waals surface area contributed by atoms with E-state index in [4.69, 9.17) is 0 Å². The van der Waals surface area contributed by atoms with Gasteiger partial charge in [0.15, 0.2) is 0 Å². The van der Waals surface area contributed by atoms with Crippen molar-refractivity contribution in [1.82, 2.24) is 20.5 Å². The van der Waals surface area contributed by atoms with Crippen LogP contribution in [0.3, 0.4) is 0 Å². The number of aromatic nitrogens is 1. The Morgan fingerprint density at radius 3 is 2.64 bits per heavy atom. The normalized spacial score (nSPS) is 17.1. The summed E-state index contributed by atoms with van der Waals surface area (Å²) in [7, 11) is 0. The summed E-state index contributed by atoms with van der Waals surface area (Å²) in [6.07, 6.45) is 3.08. The molecule has 1 fully saturated rings. The summed E-state index contributed by atoms with van der Waals surface area (Å²) < 4.78 is 27.7. The average molecular weight is 388 g/mol. The maximum atomic E-state index is 13.8. The van der Waals surface area contributed by atoms with Crippen LogP contribution in [0.1, 0.15) is 28.9 Å². The first kappa shape index (κ1) is 19.9. The van der Waals surface area contributed by atoms with Gasteiger partial charge in [-0.1, -0.05) is 12.1 Å². The molecule has 1 saturated heterocycles. The topological polar surface area (TPSA) is 74.3 Å². The fourth-order valence-corrected chi connectivity index (χ4v) is 3.25. The lowest BCUT2D eigenvalue weighted by molar-refractivity contribution is -0.121. The summed E-state index contributed by atoms with van der Waals surface area (Å²) >= 11 is 0. The van der Waals surface area contributed by atoms with Crippen LogP contribution in [0.25, 0.3) is 0 Å². The Morgan fingerprint density at radius 2 is 1.93 bits per heavy atom. The summed E-state index contributed by atoms with van der Waals surface area (Å²) in [6.45, 7) is 1.19.